The maximum absolute atomic E-state index is 12.7. The topological polar surface area (TPSA) is 95.9 Å². The van der Waals surface area contributed by atoms with Gasteiger partial charge in [0.25, 0.3) is 17.7 Å². The van der Waals surface area contributed by atoms with E-state index in [2.05, 4.69) is 5.43 Å². The molecule has 2 aromatic carbocycles. The Labute approximate surface area is 143 Å². The summed E-state index contributed by atoms with van der Waals surface area (Å²) in [5.74, 6) is -2.02. The van der Waals surface area contributed by atoms with E-state index in [1.54, 1.807) is 32.0 Å². The number of nitrogens with zero attached hydrogens (tertiary/aromatic N) is 1. The van der Waals surface area contributed by atoms with Crippen LogP contribution in [0.4, 0.5) is 0 Å². The van der Waals surface area contributed by atoms with Crippen LogP contribution in [-0.2, 0) is 0 Å². The summed E-state index contributed by atoms with van der Waals surface area (Å²) in [6, 6.07) is 7.60. The molecular formula is C18H16N2O5. The molecule has 0 aromatic heterocycles. The molecule has 3 amide bonds. The summed E-state index contributed by atoms with van der Waals surface area (Å²) in [7, 11) is 1.42. The van der Waals surface area contributed by atoms with Crippen LogP contribution in [0, 0.1) is 13.8 Å². The second-order valence-corrected chi connectivity index (χ2v) is 5.70. The van der Waals surface area contributed by atoms with Crippen molar-refractivity contribution >= 4 is 17.7 Å². The first kappa shape index (κ1) is 16.5. The second-order valence-electron chi connectivity index (χ2n) is 5.70. The van der Waals surface area contributed by atoms with E-state index >= 15 is 0 Å². The van der Waals surface area contributed by atoms with E-state index in [0.717, 1.165) is 0 Å². The molecule has 2 aromatic rings. The van der Waals surface area contributed by atoms with E-state index in [1.807, 2.05) is 0 Å². The number of methoxy groups -OCH3 is 1. The maximum Gasteiger partial charge on any atom is 0.284 e. The van der Waals surface area contributed by atoms with Gasteiger partial charge in [-0.2, -0.15) is 5.01 Å². The van der Waals surface area contributed by atoms with Crippen LogP contribution in [0.5, 0.6) is 11.5 Å². The Morgan fingerprint density at radius 1 is 1.08 bits per heavy atom. The molecule has 0 bridgehead atoms. The van der Waals surface area contributed by atoms with Crippen LogP contribution in [-0.4, -0.2) is 34.9 Å². The van der Waals surface area contributed by atoms with Gasteiger partial charge in [-0.25, -0.2) is 0 Å². The number of rotatable bonds is 3. The fourth-order valence-electron chi connectivity index (χ4n) is 2.96. The molecule has 1 aliphatic heterocycles. The summed E-state index contributed by atoms with van der Waals surface area (Å²) in [6.07, 6.45) is 0. The molecule has 1 aliphatic rings. The standard InChI is InChI=1S/C18H16N2O5/c1-9-8-10(2)15(25-3)14-13(9)17(23)20(18(14)24)19-16(22)11-6-4-5-7-12(11)21/h4-8,21H,1-3H3,(H,19,22). The highest BCUT2D eigenvalue weighted by atomic mass is 16.5. The van der Waals surface area contributed by atoms with Crippen molar-refractivity contribution in [3.63, 3.8) is 0 Å². The van der Waals surface area contributed by atoms with Crippen molar-refractivity contribution in [3.8, 4) is 11.5 Å². The molecule has 0 saturated carbocycles. The van der Waals surface area contributed by atoms with Crippen molar-refractivity contribution in [2.75, 3.05) is 7.11 Å². The average Bonchev–Trinajstić information content (AvgIpc) is 2.81. The highest BCUT2D eigenvalue weighted by Crippen LogP contribution is 2.35. The van der Waals surface area contributed by atoms with Gasteiger partial charge in [-0.05, 0) is 37.1 Å². The van der Waals surface area contributed by atoms with Gasteiger partial charge in [0.15, 0.2) is 0 Å². The van der Waals surface area contributed by atoms with Gasteiger partial charge in [0.05, 0.1) is 23.8 Å². The Morgan fingerprint density at radius 3 is 2.36 bits per heavy atom. The number of imide groups is 1. The van der Waals surface area contributed by atoms with Crippen LogP contribution in [0.3, 0.4) is 0 Å². The Hall–Kier alpha value is -3.35. The van der Waals surface area contributed by atoms with Crippen molar-refractivity contribution in [3.05, 3.63) is 58.1 Å². The number of carbonyl (C=O) groups excluding carboxylic acids is 3. The number of carbonyl (C=O) groups is 3. The number of amides is 3. The third-order valence-electron chi connectivity index (χ3n) is 4.06. The van der Waals surface area contributed by atoms with Crippen molar-refractivity contribution < 1.29 is 24.2 Å². The summed E-state index contributed by atoms with van der Waals surface area (Å²) < 4.78 is 5.27. The lowest BCUT2D eigenvalue weighted by atomic mass is 9.99. The number of aryl methyl sites for hydroxylation is 2. The SMILES string of the molecule is COc1c(C)cc(C)c2c1C(=O)N(NC(=O)c1ccccc1O)C2=O. The van der Waals surface area contributed by atoms with E-state index in [0.29, 0.717) is 21.9 Å². The van der Waals surface area contributed by atoms with Gasteiger partial charge in [0, 0.05) is 0 Å². The van der Waals surface area contributed by atoms with Gasteiger partial charge in [-0.3, -0.25) is 19.8 Å². The highest BCUT2D eigenvalue weighted by Gasteiger charge is 2.41. The molecule has 0 saturated heterocycles. The Bertz CT molecular complexity index is 920. The van der Waals surface area contributed by atoms with E-state index in [1.165, 1.54) is 19.2 Å². The molecule has 3 rings (SSSR count). The Kier molecular flexibility index (Phi) is 3.92. The van der Waals surface area contributed by atoms with Crippen molar-refractivity contribution in [1.29, 1.82) is 0 Å². The van der Waals surface area contributed by atoms with E-state index in [9.17, 15) is 19.5 Å². The molecular weight excluding hydrogens is 324 g/mol. The summed E-state index contributed by atoms with van der Waals surface area (Å²) in [6.45, 7) is 3.48. The van der Waals surface area contributed by atoms with E-state index < -0.39 is 17.7 Å². The molecule has 0 atom stereocenters. The first-order valence-corrected chi connectivity index (χ1v) is 7.52. The number of phenolic OH excluding ortho intramolecular Hbond substituents is 1. The zero-order valence-electron chi connectivity index (χ0n) is 13.9. The van der Waals surface area contributed by atoms with Gasteiger partial charge < -0.3 is 9.84 Å². The molecule has 25 heavy (non-hydrogen) atoms. The number of nitrogens with one attached hydrogen (secondary N) is 1. The number of fused-ring (bicyclic) bond motifs is 1. The fraction of sp³-hybridized carbons (Fsp3) is 0.167. The number of aromatic hydroxyl groups is 1. The summed E-state index contributed by atoms with van der Waals surface area (Å²) in [4.78, 5) is 37.6. The summed E-state index contributed by atoms with van der Waals surface area (Å²) >= 11 is 0. The molecule has 2 N–H and O–H groups in total. The van der Waals surface area contributed by atoms with Gasteiger partial charge in [-0.1, -0.05) is 18.2 Å². The minimum atomic E-state index is -0.763. The summed E-state index contributed by atoms with van der Waals surface area (Å²) in [5, 5.41) is 10.4. The lowest BCUT2D eigenvalue weighted by molar-refractivity contribution is 0.0516. The molecule has 0 radical (unpaired) electrons. The first-order valence-electron chi connectivity index (χ1n) is 7.52. The molecule has 0 unspecified atom stereocenters. The highest BCUT2D eigenvalue weighted by molar-refractivity contribution is 6.24. The molecule has 0 fully saturated rings. The Morgan fingerprint density at radius 2 is 1.72 bits per heavy atom. The van der Waals surface area contributed by atoms with Crippen LogP contribution >= 0.6 is 0 Å². The monoisotopic (exact) mass is 340 g/mol. The van der Waals surface area contributed by atoms with E-state index in [4.69, 9.17) is 4.74 Å². The Balaban J connectivity index is 2.00. The van der Waals surface area contributed by atoms with Crippen molar-refractivity contribution in [2.24, 2.45) is 0 Å². The first-order chi connectivity index (χ1) is 11.9. The van der Waals surface area contributed by atoms with Crippen LogP contribution in [0.15, 0.2) is 30.3 Å². The predicted molar refractivity (Wildman–Crippen MR) is 88.5 cm³/mol. The minimum Gasteiger partial charge on any atom is -0.507 e. The largest absolute Gasteiger partial charge is 0.507 e. The number of hydrogen-bond acceptors (Lipinski definition) is 5. The van der Waals surface area contributed by atoms with Crippen LogP contribution in [0.1, 0.15) is 42.2 Å². The number of hydrazine groups is 1. The molecule has 0 spiro atoms. The number of phenols is 1. The number of hydrogen-bond donors (Lipinski definition) is 2. The molecule has 1 heterocycles. The number of ether oxygens (including phenoxy) is 1. The molecule has 7 heteroatoms. The van der Waals surface area contributed by atoms with Gasteiger partial charge in [0.2, 0.25) is 0 Å². The van der Waals surface area contributed by atoms with Crippen LogP contribution < -0.4 is 10.2 Å². The zero-order chi connectivity index (χ0) is 18.3. The molecule has 128 valence electrons. The quantitative estimate of drug-likeness (QED) is 0.833. The zero-order valence-corrected chi connectivity index (χ0v) is 13.9. The smallest absolute Gasteiger partial charge is 0.284 e. The van der Waals surface area contributed by atoms with Gasteiger partial charge in [-0.15, -0.1) is 0 Å². The lowest BCUT2D eigenvalue weighted by Gasteiger charge is -2.15. The average molecular weight is 340 g/mol. The number of para-hydroxylation sites is 1. The second kappa shape index (κ2) is 5.94. The molecule has 7 nitrogen and oxygen atoms in total. The third kappa shape index (κ3) is 2.50. The lowest BCUT2D eigenvalue weighted by Crippen LogP contribution is -2.46. The minimum absolute atomic E-state index is 0.0427. The molecule has 0 aliphatic carbocycles. The number of benzene rings is 2. The van der Waals surface area contributed by atoms with Gasteiger partial charge >= 0.3 is 0 Å². The predicted octanol–water partition coefficient (Wildman–Crippen LogP) is 1.96. The van der Waals surface area contributed by atoms with Crippen molar-refractivity contribution in [2.45, 2.75) is 13.8 Å². The van der Waals surface area contributed by atoms with E-state index in [-0.39, 0.29) is 22.4 Å². The third-order valence-corrected chi connectivity index (χ3v) is 4.06. The van der Waals surface area contributed by atoms with Crippen LogP contribution in [0.25, 0.3) is 0 Å². The normalized spacial score (nSPS) is 13.0. The van der Waals surface area contributed by atoms with Crippen molar-refractivity contribution in [1.82, 2.24) is 10.4 Å². The summed E-state index contributed by atoms with van der Waals surface area (Å²) in [5.41, 5.74) is 3.88. The van der Waals surface area contributed by atoms with Gasteiger partial charge in [0.1, 0.15) is 11.5 Å². The fourth-order valence-corrected chi connectivity index (χ4v) is 2.96. The maximum atomic E-state index is 12.7. The van der Waals surface area contributed by atoms with Crippen LogP contribution in [0.2, 0.25) is 0 Å².